The van der Waals surface area contributed by atoms with Gasteiger partial charge in [-0.3, -0.25) is 14.6 Å². The van der Waals surface area contributed by atoms with Crippen LogP contribution in [-0.2, 0) is 20.9 Å². The minimum Gasteiger partial charge on any atom is -0.452 e. The van der Waals surface area contributed by atoms with Crippen LogP contribution in [0.15, 0.2) is 59.8 Å². The van der Waals surface area contributed by atoms with E-state index in [1.54, 1.807) is 13.1 Å². The third-order valence-electron chi connectivity index (χ3n) is 4.03. The summed E-state index contributed by atoms with van der Waals surface area (Å²) in [5.41, 5.74) is 3.71. The summed E-state index contributed by atoms with van der Waals surface area (Å²) in [4.78, 5) is 32.9. The number of carbonyl (C=O) groups excluding carboxylic acids is 2. The second kappa shape index (κ2) is 9.32. The van der Waals surface area contributed by atoms with Crippen molar-refractivity contribution in [3.05, 3.63) is 65.9 Å². The first-order valence-electron chi connectivity index (χ1n) is 8.88. The lowest BCUT2D eigenvalue weighted by Gasteiger charge is -2.13. The molecule has 144 valence electrons. The molecule has 1 unspecified atom stereocenters. The predicted octanol–water partition coefficient (Wildman–Crippen LogP) is 3.28. The number of fused-ring (bicyclic) bond motifs is 1. The van der Waals surface area contributed by atoms with E-state index >= 15 is 0 Å². The first kappa shape index (κ1) is 19.8. The first-order chi connectivity index (χ1) is 13.5. The summed E-state index contributed by atoms with van der Waals surface area (Å²) in [6.45, 7) is 3.96. The van der Waals surface area contributed by atoms with E-state index in [4.69, 9.17) is 4.74 Å². The van der Waals surface area contributed by atoms with Crippen LogP contribution in [0.2, 0.25) is 0 Å². The van der Waals surface area contributed by atoms with Crippen molar-refractivity contribution in [3.8, 4) is 0 Å². The second-order valence-electron chi connectivity index (χ2n) is 6.32. The Labute approximate surface area is 167 Å². The Morgan fingerprint density at radius 3 is 2.57 bits per heavy atom. The number of carbonyl (C=O) groups is 2. The van der Waals surface area contributed by atoms with E-state index in [0.29, 0.717) is 11.6 Å². The van der Waals surface area contributed by atoms with E-state index in [1.165, 1.54) is 11.8 Å². The van der Waals surface area contributed by atoms with Gasteiger partial charge in [-0.05, 0) is 31.5 Å². The van der Waals surface area contributed by atoms with Gasteiger partial charge in [-0.2, -0.15) is 0 Å². The van der Waals surface area contributed by atoms with E-state index in [-0.39, 0.29) is 11.7 Å². The van der Waals surface area contributed by atoms with Crippen molar-refractivity contribution in [1.82, 2.24) is 15.3 Å². The van der Waals surface area contributed by atoms with Crippen molar-refractivity contribution in [1.29, 1.82) is 0 Å². The molecule has 7 heteroatoms. The van der Waals surface area contributed by atoms with Crippen LogP contribution >= 0.6 is 11.8 Å². The molecular weight excluding hydrogens is 374 g/mol. The molecule has 3 aromatic rings. The zero-order valence-corrected chi connectivity index (χ0v) is 16.5. The number of aryl methyl sites for hydroxylation is 1. The fraction of sp³-hybridized carbons (Fsp3) is 0.238. The average molecular weight is 395 g/mol. The fourth-order valence-corrected chi connectivity index (χ4v) is 3.09. The zero-order valence-electron chi connectivity index (χ0n) is 15.7. The molecule has 2 aromatic carbocycles. The molecule has 1 amide bonds. The highest BCUT2D eigenvalue weighted by Gasteiger charge is 2.18. The summed E-state index contributed by atoms with van der Waals surface area (Å²) < 4.78 is 5.21. The molecule has 6 nitrogen and oxygen atoms in total. The second-order valence-corrected chi connectivity index (χ2v) is 7.32. The maximum Gasteiger partial charge on any atom is 0.317 e. The highest BCUT2D eigenvalue weighted by molar-refractivity contribution is 7.99. The number of rotatable bonds is 7. The molecule has 0 radical (unpaired) electrons. The molecule has 28 heavy (non-hydrogen) atoms. The molecular formula is C21H21N3O3S. The van der Waals surface area contributed by atoms with Crippen LogP contribution in [0, 0.1) is 6.92 Å². The minimum absolute atomic E-state index is 0.0581. The summed E-state index contributed by atoms with van der Waals surface area (Å²) in [6, 6.07) is 15.4. The van der Waals surface area contributed by atoms with E-state index in [2.05, 4.69) is 15.3 Å². The van der Waals surface area contributed by atoms with Gasteiger partial charge in [-0.25, -0.2) is 4.98 Å². The number of ether oxygens (including phenoxy) is 1. The van der Waals surface area contributed by atoms with E-state index < -0.39 is 12.1 Å². The topological polar surface area (TPSA) is 81.2 Å². The lowest BCUT2D eigenvalue weighted by atomic mass is 10.1. The van der Waals surface area contributed by atoms with Crippen LogP contribution in [0.5, 0.6) is 0 Å². The van der Waals surface area contributed by atoms with Crippen molar-refractivity contribution >= 4 is 34.7 Å². The van der Waals surface area contributed by atoms with Gasteiger partial charge < -0.3 is 10.1 Å². The van der Waals surface area contributed by atoms with Gasteiger partial charge in [-0.15, -0.1) is 0 Å². The smallest absolute Gasteiger partial charge is 0.317 e. The number of nitrogens with zero attached hydrogens (tertiary/aromatic N) is 2. The Kier molecular flexibility index (Phi) is 6.60. The molecule has 0 aliphatic rings. The van der Waals surface area contributed by atoms with E-state index in [0.717, 1.165) is 22.2 Å². The number of benzene rings is 2. The van der Waals surface area contributed by atoms with Crippen LogP contribution in [0.25, 0.3) is 11.0 Å². The van der Waals surface area contributed by atoms with Crippen LogP contribution < -0.4 is 5.32 Å². The van der Waals surface area contributed by atoms with Gasteiger partial charge in [0, 0.05) is 6.54 Å². The van der Waals surface area contributed by atoms with Crippen molar-refractivity contribution in [2.75, 3.05) is 5.75 Å². The Hall–Kier alpha value is -2.93. The monoisotopic (exact) mass is 395 g/mol. The Morgan fingerprint density at radius 1 is 1.11 bits per heavy atom. The maximum absolute atomic E-state index is 12.1. The largest absolute Gasteiger partial charge is 0.452 e. The van der Waals surface area contributed by atoms with Gasteiger partial charge >= 0.3 is 5.97 Å². The van der Waals surface area contributed by atoms with Gasteiger partial charge in [-0.1, -0.05) is 53.7 Å². The van der Waals surface area contributed by atoms with Crippen LogP contribution in [0.1, 0.15) is 18.1 Å². The van der Waals surface area contributed by atoms with Crippen LogP contribution in [-0.4, -0.2) is 33.7 Å². The summed E-state index contributed by atoms with van der Waals surface area (Å²) in [7, 11) is 0. The molecule has 0 fully saturated rings. The van der Waals surface area contributed by atoms with Crippen molar-refractivity contribution in [2.24, 2.45) is 0 Å². The normalized spacial score (nSPS) is 11.8. The maximum atomic E-state index is 12.1. The third kappa shape index (κ3) is 5.53. The summed E-state index contributed by atoms with van der Waals surface area (Å²) in [5.74, 6) is -0.745. The van der Waals surface area contributed by atoms with Gasteiger partial charge in [0.1, 0.15) is 5.03 Å². The lowest BCUT2D eigenvalue weighted by Crippen LogP contribution is -2.35. The molecule has 3 rings (SSSR count). The molecule has 1 atom stereocenters. The van der Waals surface area contributed by atoms with Crippen molar-refractivity contribution in [2.45, 2.75) is 31.5 Å². The van der Waals surface area contributed by atoms with Crippen molar-refractivity contribution < 1.29 is 14.3 Å². The molecule has 0 saturated heterocycles. The number of hydrogen-bond acceptors (Lipinski definition) is 6. The number of nitrogens with one attached hydrogen (secondary N) is 1. The number of hydrogen-bond donors (Lipinski definition) is 1. The zero-order chi connectivity index (χ0) is 19.9. The van der Waals surface area contributed by atoms with Gasteiger partial charge in [0.15, 0.2) is 6.10 Å². The number of para-hydroxylation sites is 2. The number of aromatic nitrogens is 2. The Morgan fingerprint density at radius 2 is 1.82 bits per heavy atom. The van der Waals surface area contributed by atoms with Crippen molar-refractivity contribution in [3.63, 3.8) is 0 Å². The Balaban J connectivity index is 1.45. The summed E-state index contributed by atoms with van der Waals surface area (Å²) in [5, 5.41) is 3.40. The SMILES string of the molecule is Cc1ccc(CNC(=O)C(C)OC(=O)CSc2cnc3ccccc3n2)cc1. The van der Waals surface area contributed by atoms with Crippen LogP contribution in [0.3, 0.4) is 0 Å². The molecule has 0 aliphatic carbocycles. The fourth-order valence-electron chi connectivity index (χ4n) is 2.47. The third-order valence-corrected chi connectivity index (χ3v) is 4.90. The highest BCUT2D eigenvalue weighted by atomic mass is 32.2. The predicted molar refractivity (Wildman–Crippen MR) is 109 cm³/mol. The number of esters is 1. The number of thioether (sulfide) groups is 1. The van der Waals surface area contributed by atoms with Gasteiger partial charge in [0.05, 0.1) is 23.0 Å². The Bertz CT molecular complexity index is 976. The molecule has 1 N–H and O–H groups in total. The highest BCUT2D eigenvalue weighted by Crippen LogP contribution is 2.18. The van der Waals surface area contributed by atoms with Gasteiger partial charge in [0.2, 0.25) is 0 Å². The lowest BCUT2D eigenvalue weighted by molar-refractivity contribution is -0.152. The molecule has 1 aromatic heterocycles. The van der Waals surface area contributed by atoms with E-state index in [1.807, 2.05) is 55.5 Å². The molecule has 0 spiro atoms. The first-order valence-corrected chi connectivity index (χ1v) is 9.87. The average Bonchev–Trinajstić information content (AvgIpc) is 2.71. The molecule has 0 aliphatic heterocycles. The molecule has 1 heterocycles. The number of amides is 1. The standard InChI is InChI=1S/C21H21N3O3S/c1-14-7-9-16(10-8-14)11-23-21(26)15(2)27-20(25)13-28-19-12-22-17-5-3-4-6-18(17)24-19/h3-10,12,15H,11,13H2,1-2H3,(H,23,26). The molecule has 0 bridgehead atoms. The quantitative estimate of drug-likeness (QED) is 0.488. The summed E-state index contributed by atoms with van der Waals surface area (Å²) >= 11 is 1.23. The summed E-state index contributed by atoms with van der Waals surface area (Å²) in [6.07, 6.45) is 0.763. The minimum atomic E-state index is -0.860. The van der Waals surface area contributed by atoms with Crippen LogP contribution in [0.4, 0.5) is 0 Å². The van der Waals surface area contributed by atoms with E-state index in [9.17, 15) is 9.59 Å². The molecule has 0 saturated carbocycles. The van der Waals surface area contributed by atoms with Gasteiger partial charge in [0.25, 0.3) is 5.91 Å².